The van der Waals surface area contributed by atoms with Crippen LogP contribution in [0, 0.1) is 5.41 Å². The molecule has 0 radical (unpaired) electrons. The van der Waals surface area contributed by atoms with E-state index in [1.165, 1.54) is 0 Å². The summed E-state index contributed by atoms with van der Waals surface area (Å²) in [5, 5.41) is 7.25. The summed E-state index contributed by atoms with van der Waals surface area (Å²) in [7, 11) is -3.42. The molecule has 0 aromatic heterocycles. The number of amidine groups is 1. The molecule has 0 unspecified atom stereocenters. The molecule has 1 aliphatic heterocycles. The standard InChI is InChI=1S/C11H21N3O3S/c12-10(13)11(5-1-2-6-11)14-18(15,16)9-3-7-17-8-4-9/h9,14H,1-8H2,(H3,12,13). The number of ether oxygens (including phenoxy) is 1. The molecule has 7 heteroatoms. The summed E-state index contributed by atoms with van der Waals surface area (Å²) in [4.78, 5) is 0. The molecule has 0 amide bonds. The number of sulfonamides is 1. The molecule has 2 aliphatic rings. The zero-order chi connectivity index (χ0) is 13.2. The lowest BCUT2D eigenvalue weighted by atomic mass is 9.98. The van der Waals surface area contributed by atoms with E-state index in [1.807, 2.05) is 0 Å². The van der Waals surface area contributed by atoms with E-state index in [0.717, 1.165) is 12.8 Å². The van der Waals surface area contributed by atoms with Crippen LogP contribution in [-0.4, -0.2) is 38.3 Å². The Kier molecular flexibility index (Phi) is 3.93. The highest BCUT2D eigenvalue weighted by molar-refractivity contribution is 7.90. The molecule has 0 atom stereocenters. The van der Waals surface area contributed by atoms with Crippen LogP contribution in [0.25, 0.3) is 0 Å². The second-order valence-corrected chi connectivity index (χ2v) is 7.12. The summed E-state index contributed by atoms with van der Waals surface area (Å²) in [5.41, 5.74) is 4.76. The van der Waals surface area contributed by atoms with Gasteiger partial charge >= 0.3 is 0 Å². The largest absolute Gasteiger partial charge is 0.386 e. The lowest BCUT2D eigenvalue weighted by Gasteiger charge is -2.32. The van der Waals surface area contributed by atoms with E-state index in [0.29, 0.717) is 38.9 Å². The molecular formula is C11H21N3O3S. The van der Waals surface area contributed by atoms with Gasteiger partial charge in [-0.3, -0.25) is 5.41 Å². The fraction of sp³-hybridized carbons (Fsp3) is 0.909. The van der Waals surface area contributed by atoms with Gasteiger partial charge in [-0.2, -0.15) is 0 Å². The fourth-order valence-corrected chi connectivity index (χ4v) is 4.59. The third-order valence-corrected chi connectivity index (χ3v) is 5.94. The molecule has 0 aromatic carbocycles. The first kappa shape index (κ1) is 13.8. The van der Waals surface area contributed by atoms with Gasteiger partial charge in [0.15, 0.2) is 0 Å². The molecule has 4 N–H and O–H groups in total. The lowest BCUT2D eigenvalue weighted by molar-refractivity contribution is 0.0980. The van der Waals surface area contributed by atoms with Crippen molar-refractivity contribution in [1.82, 2.24) is 4.72 Å². The minimum atomic E-state index is -3.42. The van der Waals surface area contributed by atoms with Crippen LogP contribution in [-0.2, 0) is 14.8 Å². The number of hydrogen-bond donors (Lipinski definition) is 3. The maximum Gasteiger partial charge on any atom is 0.215 e. The summed E-state index contributed by atoms with van der Waals surface area (Å²) in [6.45, 7) is 0.970. The molecule has 6 nitrogen and oxygen atoms in total. The minimum absolute atomic E-state index is 0.0596. The van der Waals surface area contributed by atoms with E-state index in [4.69, 9.17) is 15.9 Å². The maximum atomic E-state index is 12.3. The van der Waals surface area contributed by atoms with Crippen LogP contribution in [0.4, 0.5) is 0 Å². The summed E-state index contributed by atoms with van der Waals surface area (Å²) >= 11 is 0. The normalized spacial score (nSPS) is 25.1. The molecule has 0 spiro atoms. The molecule has 2 rings (SSSR count). The van der Waals surface area contributed by atoms with Gasteiger partial charge in [-0.05, 0) is 25.7 Å². The highest BCUT2D eigenvalue weighted by atomic mass is 32.2. The molecule has 1 saturated heterocycles. The SMILES string of the molecule is N=C(N)C1(NS(=O)(=O)C2CCOCC2)CCCC1. The highest BCUT2D eigenvalue weighted by Gasteiger charge is 2.42. The van der Waals surface area contributed by atoms with E-state index in [2.05, 4.69) is 4.72 Å². The van der Waals surface area contributed by atoms with Gasteiger partial charge in [-0.1, -0.05) is 12.8 Å². The fourth-order valence-electron chi connectivity index (χ4n) is 2.75. The van der Waals surface area contributed by atoms with E-state index >= 15 is 0 Å². The number of nitrogens with two attached hydrogens (primary N) is 1. The Hall–Kier alpha value is -0.660. The van der Waals surface area contributed by atoms with Crippen LogP contribution in [0.5, 0.6) is 0 Å². The van der Waals surface area contributed by atoms with Gasteiger partial charge < -0.3 is 10.5 Å². The predicted octanol–water partition coefficient (Wildman–Crippen LogP) is 0.334. The first-order valence-electron chi connectivity index (χ1n) is 6.41. The maximum absolute atomic E-state index is 12.3. The van der Waals surface area contributed by atoms with Gasteiger partial charge in [0.2, 0.25) is 10.0 Å². The second-order valence-electron chi connectivity index (χ2n) is 5.16. The third-order valence-electron chi connectivity index (χ3n) is 3.92. The number of hydrogen-bond acceptors (Lipinski definition) is 4. The van der Waals surface area contributed by atoms with E-state index in [1.54, 1.807) is 0 Å². The van der Waals surface area contributed by atoms with Crippen LogP contribution in [0.3, 0.4) is 0 Å². The predicted molar refractivity (Wildman–Crippen MR) is 69.0 cm³/mol. The van der Waals surface area contributed by atoms with Gasteiger partial charge in [0.05, 0.1) is 10.8 Å². The minimum Gasteiger partial charge on any atom is -0.386 e. The lowest BCUT2D eigenvalue weighted by Crippen LogP contribution is -2.57. The summed E-state index contributed by atoms with van der Waals surface area (Å²) in [6.07, 6.45) is 4.12. The first-order chi connectivity index (χ1) is 8.46. The van der Waals surface area contributed by atoms with Crippen LogP contribution in [0.1, 0.15) is 38.5 Å². The van der Waals surface area contributed by atoms with Gasteiger partial charge in [-0.25, -0.2) is 13.1 Å². The van der Waals surface area contributed by atoms with Crippen molar-refractivity contribution in [2.24, 2.45) is 5.73 Å². The molecule has 0 aromatic rings. The van der Waals surface area contributed by atoms with Gasteiger partial charge in [0.25, 0.3) is 0 Å². The van der Waals surface area contributed by atoms with E-state index < -0.39 is 20.8 Å². The van der Waals surface area contributed by atoms with E-state index in [-0.39, 0.29) is 5.84 Å². The molecule has 1 heterocycles. The van der Waals surface area contributed by atoms with Crippen molar-refractivity contribution in [3.05, 3.63) is 0 Å². The topological polar surface area (TPSA) is 105 Å². The van der Waals surface area contributed by atoms with Crippen LogP contribution in [0.15, 0.2) is 0 Å². The Labute approximate surface area is 108 Å². The Balaban J connectivity index is 2.12. The average Bonchev–Trinajstić information content (AvgIpc) is 2.79. The van der Waals surface area contributed by atoms with Crippen LogP contribution >= 0.6 is 0 Å². The van der Waals surface area contributed by atoms with Crippen molar-refractivity contribution in [3.8, 4) is 0 Å². The van der Waals surface area contributed by atoms with Gasteiger partial charge in [0.1, 0.15) is 5.84 Å². The smallest absolute Gasteiger partial charge is 0.215 e. The summed E-state index contributed by atoms with van der Waals surface area (Å²) in [6, 6.07) is 0. The van der Waals surface area contributed by atoms with Gasteiger partial charge in [0, 0.05) is 13.2 Å². The van der Waals surface area contributed by atoms with Crippen molar-refractivity contribution in [1.29, 1.82) is 5.41 Å². The second kappa shape index (κ2) is 5.14. The monoisotopic (exact) mass is 275 g/mol. The Bertz CT molecular complexity index is 409. The summed E-state index contributed by atoms with van der Waals surface area (Å²) in [5.74, 6) is -0.0596. The van der Waals surface area contributed by atoms with Crippen molar-refractivity contribution >= 4 is 15.9 Å². The molecule has 1 aliphatic carbocycles. The molecule has 18 heavy (non-hydrogen) atoms. The van der Waals surface area contributed by atoms with Crippen molar-refractivity contribution in [2.75, 3.05) is 13.2 Å². The number of nitrogens with one attached hydrogen (secondary N) is 2. The third kappa shape index (κ3) is 2.67. The van der Waals surface area contributed by atoms with Crippen LogP contribution < -0.4 is 10.5 Å². The average molecular weight is 275 g/mol. The van der Waals surface area contributed by atoms with Crippen molar-refractivity contribution in [3.63, 3.8) is 0 Å². The van der Waals surface area contributed by atoms with E-state index in [9.17, 15) is 8.42 Å². The zero-order valence-corrected chi connectivity index (χ0v) is 11.3. The summed E-state index contributed by atoms with van der Waals surface area (Å²) < 4.78 is 32.5. The zero-order valence-electron chi connectivity index (χ0n) is 10.4. The number of rotatable bonds is 4. The first-order valence-corrected chi connectivity index (χ1v) is 7.96. The Morgan fingerprint density at radius 1 is 1.28 bits per heavy atom. The molecule has 104 valence electrons. The highest BCUT2D eigenvalue weighted by Crippen LogP contribution is 2.31. The quantitative estimate of drug-likeness (QED) is 0.508. The van der Waals surface area contributed by atoms with Crippen molar-refractivity contribution in [2.45, 2.75) is 49.3 Å². The molecule has 2 fully saturated rings. The molecular weight excluding hydrogens is 254 g/mol. The molecule has 0 bridgehead atoms. The van der Waals surface area contributed by atoms with Gasteiger partial charge in [-0.15, -0.1) is 0 Å². The Morgan fingerprint density at radius 2 is 1.83 bits per heavy atom. The Morgan fingerprint density at radius 3 is 2.33 bits per heavy atom. The van der Waals surface area contributed by atoms with Crippen LogP contribution in [0.2, 0.25) is 0 Å². The molecule has 1 saturated carbocycles. The van der Waals surface area contributed by atoms with Crippen molar-refractivity contribution < 1.29 is 13.2 Å².